The maximum Gasteiger partial charge on any atom is 0.318 e. The fourth-order valence-electron chi connectivity index (χ4n) is 5.13. The lowest BCUT2D eigenvalue weighted by molar-refractivity contribution is -0.157. The number of rotatable bonds is 2. The number of carbonyl (C=O) groups is 1. The Balaban J connectivity index is 1.66. The monoisotopic (exact) mass is 448 g/mol. The second kappa shape index (κ2) is 6.92. The summed E-state index contributed by atoms with van der Waals surface area (Å²) in [5.41, 5.74) is 0.310. The number of halogens is 1. The molecule has 3 atom stereocenters. The molecule has 3 aliphatic rings. The zero-order valence-electron chi connectivity index (χ0n) is 18.2. The SMILES string of the molecule is CC(C)(C)c1ccc2c(c1)C1(O)CC(C(=O)Oc3ccc(Cl)cc3)C2(O)c2ccccc21. The standard InChI is InChI=1S/C27H25ClO4/c1-25(2,3)16-8-13-21-22(14-16)26(30)15-23(24(29)32-18-11-9-17(28)10-12-18)27(21,31)20-7-5-4-6-19(20)26/h4-14,23,30-31H,15H2,1-3H3. The van der Waals surface area contributed by atoms with E-state index in [4.69, 9.17) is 16.3 Å². The zero-order chi connectivity index (χ0) is 22.9. The first-order valence-corrected chi connectivity index (χ1v) is 11.1. The van der Waals surface area contributed by atoms with Gasteiger partial charge in [0, 0.05) is 11.4 Å². The first-order chi connectivity index (χ1) is 15.0. The van der Waals surface area contributed by atoms with Gasteiger partial charge in [0.05, 0.1) is 5.92 Å². The van der Waals surface area contributed by atoms with Gasteiger partial charge in [-0.1, -0.05) is 74.8 Å². The number of benzene rings is 3. The molecule has 0 saturated carbocycles. The van der Waals surface area contributed by atoms with Crippen molar-refractivity contribution in [3.63, 3.8) is 0 Å². The molecule has 2 bridgehead atoms. The molecule has 4 nitrogen and oxygen atoms in total. The van der Waals surface area contributed by atoms with Crippen molar-refractivity contribution in [2.24, 2.45) is 5.92 Å². The Morgan fingerprint density at radius 2 is 1.56 bits per heavy atom. The van der Waals surface area contributed by atoms with Crippen LogP contribution in [0, 0.1) is 5.92 Å². The smallest absolute Gasteiger partial charge is 0.318 e. The van der Waals surface area contributed by atoms with E-state index in [9.17, 15) is 15.0 Å². The first kappa shape index (κ1) is 21.2. The Labute approximate surface area is 192 Å². The highest BCUT2D eigenvalue weighted by Crippen LogP contribution is 2.60. The molecule has 32 heavy (non-hydrogen) atoms. The highest BCUT2D eigenvalue weighted by molar-refractivity contribution is 6.30. The van der Waals surface area contributed by atoms with E-state index in [1.54, 1.807) is 30.3 Å². The molecule has 0 radical (unpaired) electrons. The van der Waals surface area contributed by atoms with Gasteiger partial charge in [-0.25, -0.2) is 0 Å². The molecule has 0 amide bonds. The third-order valence-electron chi connectivity index (χ3n) is 6.85. The van der Waals surface area contributed by atoms with Crippen molar-refractivity contribution < 1.29 is 19.7 Å². The van der Waals surface area contributed by atoms with Crippen molar-refractivity contribution >= 4 is 17.6 Å². The van der Waals surface area contributed by atoms with Crippen LogP contribution < -0.4 is 4.74 Å². The van der Waals surface area contributed by atoms with Gasteiger partial charge in [-0.05, 0) is 57.5 Å². The fraction of sp³-hybridized carbons (Fsp3) is 0.296. The number of carbonyl (C=O) groups excluding carboxylic acids is 1. The Hall–Kier alpha value is -2.66. The van der Waals surface area contributed by atoms with Crippen molar-refractivity contribution in [2.45, 2.75) is 43.8 Å². The number of fused-ring (bicyclic) bond motifs is 1. The van der Waals surface area contributed by atoms with Crippen LogP contribution in [-0.4, -0.2) is 16.2 Å². The molecular formula is C27H25ClO4. The Bertz CT molecular complexity index is 1230. The molecule has 0 heterocycles. The Morgan fingerprint density at radius 3 is 2.22 bits per heavy atom. The second-order valence-electron chi connectivity index (χ2n) is 9.81. The predicted molar refractivity (Wildman–Crippen MR) is 123 cm³/mol. The highest BCUT2D eigenvalue weighted by Gasteiger charge is 2.62. The maximum absolute atomic E-state index is 13.3. The van der Waals surface area contributed by atoms with E-state index in [1.165, 1.54) is 0 Å². The van der Waals surface area contributed by atoms with Gasteiger partial charge >= 0.3 is 5.97 Å². The third kappa shape index (κ3) is 2.94. The molecule has 3 aromatic rings. The van der Waals surface area contributed by atoms with Gasteiger partial charge in [0.15, 0.2) is 0 Å². The van der Waals surface area contributed by atoms with Crippen molar-refractivity contribution in [2.75, 3.05) is 0 Å². The lowest BCUT2D eigenvalue weighted by Crippen LogP contribution is -2.57. The van der Waals surface area contributed by atoms with E-state index in [0.717, 1.165) is 5.56 Å². The van der Waals surface area contributed by atoms with Gasteiger partial charge in [-0.3, -0.25) is 4.79 Å². The quantitative estimate of drug-likeness (QED) is 0.425. The summed E-state index contributed by atoms with van der Waals surface area (Å²) in [6.45, 7) is 6.32. The van der Waals surface area contributed by atoms with Gasteiger partial charge in [-0.2, -0.15) is 0 Å². The minimum absolute atomic E-state index is 0.0353. The summed E-state index contributed by atoms with van der Waals surface area (Å²) in [5, 5.41) is 24.7. The molecule has 5 heteroatoms. The molecular weight excluding hydrogens is 424 g/mol. The van der Waals surface area contributed by atoms with Gasteiger partial charge in [-0.15, -0.1) is 0 Å². The molecule has 2 N–H and O–H groups in total. The van der Waals surface area contributed by atoms with E-state index in [0.29, 0.717) is 33.0 Å². The first-order valence-electron chi connectivity index (χ1n) is 10.7. The minimum Gasteiger partial charge on any atom is -0.426 e. The number of ether oxygens (including phenoxy) is 1. The summed E-state index contributed by atoms with van der Waals surface area (Å²) in [5.74, 6) is -1.22. The van der Waals surface area contributed by atoms with Gasteiger partial charge < -0.3 is 14.9 Å². The molecule has 0 aliphatic heterocycles. The predicted octanol–water partition coefficient (Wildman–Crippen LogP) is 5.05. The molecule has 3 aromatic carbocycles. The van der Waals surface area contributed by atoms with Crippen LogP contribution >= 0.6 is 11.6 Å². The average Bonchev–Trinajstić information content (AvgIpc) is 2.76. The Kier molecular flexibility index (Phi) is 4.58. The summed E-state index contributed by atoms with van der Waals surface area (Å²) in [6, 6.07) is 19.5. The summed E-state index contributed by atoms with van der Waals surface area (Å²) < 4.78 is 5.61. The number of esters is 1. The molecule has 0 fully saturated rings. The van der Waals surface area contributed by atoms with Crippen LogP contribution in [0.1, 0.15) is 55.0 Å². The van der Waals surface area contributed by atoms with Crippen LogP contribution in [0.5, 0.6) is 5.75 Å². The van der Waals surface area contributed by atoms with Crippen LogP contribution in [0.3, 0.4) is 0 Å². The van der Waals surface area contributed by atoms with E-state index >= 15 is 0 Å². The van der Waals surface area contributed by atoms with Crippen molar-refractivity contribution in [3.05, 3.63) is 99.6 Å². The zero-order valence-corrected chi connectivity index (χ0v) is 19.0. The topological polar surface area (TPSA) is 66.8 Å². The minimum atomic E-state index is -1.60. The summed E-state index contributed by atoms with van der Waals surface area (Å²) in [6.07, 6.45) is 0.0353. The third-order valence-corrected chi connectivity index (χ3v) is 7.10. The lowest BCUT2D eigenvalue weighted by atomic mass is 9.54. The Morgan fingerprint density at radius 1 is 0.938 bits per heavy atom. The number of hydrogen-bond acceptors (Lipinski definition) is 4. The number of aliphatic hydroxyl groups is 2. The summed E-state index contributed by atoms with van der Waals surface area (Å²) in [7, 11) is 0. The second-order valence-corrected chi connectivity index (χ2v) is 10.3. The van der Waals surface area contributed by atoms with Crippen LogP contribution in [0.2, 0.25) is 5.02 Å². The molecule has 0 saturated heterocycles. The average molecular weight is 449 g/mol. The van der Waals surface area contributed by atoms with Crippen molar-refractivity contribution in [1.29, 1.82) is 0 Å². The maximum atomic E-state index is 13.3. The lowest BCUT2D eigenvalue weighted by Gasteiger charge is -2.54. The van der Waals surface area contributed by atoms with Crippen molar-refractivity contribution in [1.82, 2.24) is 0 Å². The van der Waals surface area contributed by atoms with Crippen LogP contribution in [0.4, 0.5) is 0 Å². The van der Waals surface area contributed by atoms with Crippen LogP contribution in [0.25, 0.3) is 0 Å². The molecule has 164 valence electrons. The number of hydrogen-bond donors (Lipinski definition) is 2. The molecule has 3 unspecified atom stereocenters. The normalized spacial score (nSPS) is 25.8. The van der Waals surface area contributed by atoms with E-state index in [2.05, 4.69) is 20.8 Å². The molecule has 0 aromatic heterocycles. The fourth-order valence-corrected chi connectivity index (χ4v) is 5.26. The molecule has 6 rings (SSSR count). The summed E-state index contributed by atoms with van der Waals surface area (Å²) >= 11 is 5.93. The van der Waals surface area contributed by atoms with E-state index in [1.807, 2.05) is 36.4 Å². The van der Waals surface area contributed by atoms with Crippen LogP contribution in [0.15, 0.2) is 66.7 Å². The highest BCUT2D eigenvalue weighted by atomic mass is 35.5. The van der Waals surface area contributed by atoms with Gasteiger partial charge in [0.1, 0.15) is 17.0 Å². The largest absolute Gasteiger partial charge is 0.426 e. The van der Waals surface area contributed by atoms with Gasteiger partial charge in [0.25, 0.3) is 0 Å². The van der Waals surface area contributed by atoms with E-state index < -0.39 is 23.1 Å². The summed E-state index contributed by atoms with van der Waals surface area (Å²) in [4.78, 5) is 13.3. The van der Waals surface area contributed by atoms with E-state index in [-0.39, 0.29) is 11.8 Å². The van der Waals surface area contributed by atoms with Gasteiger partial charge in [0.2, 0.25) is 0 Å². The molecule has 0 spiro atoms. The van der Waals surface area contributed by atoms with Crippen molar-refractivity contribution in [3.8, 4) is 5.75 Å². The molecule has 3 aliphatic carbocycles. The van der Waals surface area contributed by atoms with Crippen LogP contribution in [-0.2, 0) is 21.4 Å².